The number of hydrogen-bond acceptors (Lipinski definition) is 3. The zero-order valence-corrected chi connectivity index (χ0v) is 12.0. The lowest BCUT2D eigenvalue weighted by atomic mass is 10.0. The Hall–Kier alpha value is -2.31. The summed E-state index contributed by atoms with van der Waals surface area (Å²) in [6.07, 6.45) is -0.579. The van der Waals surface area contributed by atoms with E-state index < -0.39 is 6.10 Å². The van der Waals surface area contributed by atoms with E-state index in [1.807, 2.05) is 49.2 Å². The van der Waals surface area contributed by atoms with Crippen LogP contribution < -0.4 is 4.90 Å². The predicted molar refractivity (Wildman–Crippen MR) is 81.0 cm³/mol. The van der Waals surface area contributed by atoms with Crippen LogP contribution in [0.25, 0.3) is 0 Å². The molecule has 0 bridgehead atoms. The molecule has 2 rings (SSSR count). The van der Waals surface area contributed by atoms with E-state index in [2.05, 4.69) is 12.1 Å². The molecule has 0 aliphatic heterocycles. The monoisotopic (exact) mass is 266 g/mol. The van der Waals surface area contributed by atoms with Gasteiger partial charge >= 0.3 is 0 Å². The van der Waals surface area contributed by atoms with Crippen molar-refractivity contribution < 1.29 is 5.11 Å². The lowest BCUT2D eigenvalue weighted by Crippen LogP contribution is -2.13. The number of aliphatic hydroxyl groups excluding tert-OH is 1. The van der Waals surface area contributed by atoms with Gasteiger partial charge in [0, 0.05) is 24.0 Å². The molecule has 0 radical (unpaired) electrons. The quantitative estimate of drug-likeness (QED) is 0.921. The number of nitrogens with zero attached hydrogens (tertiary/aromatic N) is 2. The summed E-state index contributed by atoms with van der Waals surface area (Å²) in [6, 6.07) is 15.6. The molecule has 1 unspecified atom stereocenters. The van der Waals surface area contributed by atoms with Gasteiger partial charge in [-0.2, -0.15) is 5.26 Å². The van der Waals surface area contributed by atoms with Gasteiger partial charge in [0.2, 0.25) is 0 Å². The summed E-state index contributed by atoms with van der Waals surface area (Å²) in [5.74, 6) is 0. The van der Waals surface area contributed by atoms with Crippen molar-refractivity contribution in [1.29, 1.82) is 5.26 Å². The molecule has 0 amide bonds. The lowest BCUT2D eigenvalue weighted by molar-refractivity contribution is 0.200. The highest BCUT2D eigenvalue weighted by Gasteiger charge is 2.14. The van der Waals surface area contributed by atoms with E-state index in [-0.39, 0.29) is 0 Å². The molecule has 0 spiro atoms. The third-order valence-corrected chi connectivity index (χ3v) is 3.36. The van der Waals surface area contributed by atoms with Gasteiger partial charge in [0.25, 0.3) is 0 Å². The van der Waals surface area contributed by atoms with Crippen molar-refractivity contribution >= 4 is 11.4 Å². The average molecular weight is 266 g/mol. The van der Waals surface area contributed by atoms with Gasteiger partial charge in [-0.15, -0.1) is 0 Å². The first-order valence-corrected chi connectivity index (χ1v) is 6.55. The fourth-order valence-electron chi connectivity index (χ4n) is 2.23. The highest BCUT2D eigenvalue weighted by molar-refractivity contribution is 5.68. The molecule has 102 valence electrons. The van der Waals surface area contributed by atoms with Crippen LogP contribution >= 0.6 is 0 Å². The average Bonchev–Trinajstić information content (AvgIpc) is 2.45. The summed E-state index contributed by atoms with van der Waals surface area (Å²) in [5, 5.41) is 19.0. The molecular weight excluding hydrogens is 248 g/mol. The third kappa shape index (κ3) is 2.81. The Morgan fingerprint density at radius 1 is 1.20 bits per heavy atom. The maximum atomic E-state index is 9.91. The zero-order valence-electron chi connectivity index (χ0n) is 12.0. The van der Waals surface area contributed by atoms with Gasteiger partial charge in [0.05, 0.1) is 17.7 Å². The summed E-state index contributed by atoms with van der Waals surface area (Å²) in [6.45, 7) is 3.77. The highest BCUT2D eigenvalue weighted by Crippen LogP contribution is 2.32. The third-order valence-electron chi connectivity index (χ3n) is 3.36. The zero-order chi connectivity index (χ0) is 14.7. The van der Waals surface area contributed by atoms with Crippen molar-refractivity contribution in [3.05, 3.63) is 59.2 Å². The largest absolute Gasteiger partial charge is 0.389 e. The minimum atomic E-state index is -0.579. The Morgan fingerprint density at radius 2 is 1.95 bits per heavy atom. The Labute approximate surface area is 119 Å². The molecule has 1 N–H and O–H groups in total. The lowest BCUT2D eigenvalue weighted by Gasteiger charge is -2.24. The molecule has 0 heterocycles. The van der Waals surface area contributed by atoms with Gasteiger partial charge in [0.1, 0.15) is 0 Å². The van der Waals surface area contributed by atoms with E-state index in [4.69, 9.17) is 5.26 Å². The molecule has 20 heavy (non-hydrogen) atoms. The van der Waals surface area contributed by atoms with Crippen molar-refractivity contribution in [3.8, 4) is 6.07 Å². The van der Waals surface area contributed by atoms with Gasteiger partial charge in [-0.05, 0) is 43.7 Å². The number of hydrogen-bond donors (Lipinski definition) is 1. The van der Waals surface area contributed by atoms with Crippen LogP contribution in [0.15, 0.2) is 42.5 Å². The highest BCUT2D eigenvalue weighted by atomic mass is 16.3. The first kappa shape index (κ1) is 14.1. The summed E-state index contributed by atoms with van der Waals surface area (Å²) >= 11 is 0. The number of aryl methyl sites for hydroxylation is 1. The number of nitriles is 1. The minimum Gasteiger partial charge on any atom is -0.389 e. The van der Waals surface area contributed by atoms with Crippen LogP contribution in [0.3, 0.4) is 0 Å². The SMILES string of the molecule is Cc1cccc(N(C)c2cc(C#N)ccc2C(C)O)c1. The van der Waals surface area contributed by atoms with Crippen molar-refractivity contribution in [2.75, 3.05) is 11.9 Å². The van der Waals surface area contributed by atoms with E-state index in [1.165, 1.54) is 5.56 Å². The molecule has 0 saturated carbocycles. The fraction of sp³-hybridized carbons (Fsp3) is 0.235. The van der Waals surface area contributed by atoms with Crippen LogP contribution in [0.2, 0.25) is 0 Å². The molecule has 0 aliphatic carbocycles. The van der Waals surface area contributed by atoms with Gasteiger partial charge in [-0.25, -0.2) is 0 Å². The maximum Gasteiger partial charge on any atom is 0.0992 e. The van der Waals surface area contributed by atoms with E-state index in [0.29, 0.717) is 5.56 Å². The first-order valence-electron chi connectivity index (χ1n) is 6.55. The van der Waals surface area contributed by atoms with Crippen molar-refractivity contribution in [1.82, 2.24) is 0 Å². The molecule has 2 aromatic carbocycles. The molecule has 0 fully saturated rings. The van der Waals surface area contributed by atoms with Gasteiger partial charge in [-0.1, -0.05) is 18.2 Å². The first-order chi connectivity index (χ1) is 9.52. The molecule has 0 aliphatic rings. The molecule has 2 aromatic rings. The molecule has 3 nitrogen and oxygen atoms in total. The van der Waals surface area contributed by atoms with Crippen molar-refractivity contribution in [2.45, 2.75) is 20.0 Å². The fourth-order valence-corrected chi connectivity index (χ4v) is 2.23. The second-order valence-corrected chi connectivity index (χ2v) is 4.96. The number of anilines is 2. The summed E-state index contributed by atoms with van der Waals surface area (Å²) in [7, 11) is 1.94. The second-order valence-electron chi connectivity index (χ2n) is 4.96. The Morgan fingerprint density at radius 3 is 2.55 bits per heavy atom. The van der Waals surface area contributed by atoms with Gasteiger partial charge < -0.3 is 10.0 Å². The van der Waals surface area contributed by atoms with E-state index >= 15 is 0 Å². The number of benzene rings is 2. The normalized spacial score (nSPS) is 11.8. The number of aliphatic hydroxyl groups is 1. The van der Waals surface area contributed by atoms with Crippen LogP contribution in [0.5, 0.6) is 0 Å². The molecular formula is C17H18N2O. The van der Waals surface area contributed by atoms with Crippen molar-refractivity contribution in [2.24, 2.45) is 0 Å². The molecule has 0 aromatic heterocycles. The van der Waals surface area contributed by atoms with E-state index in [0.717, 1.165) is 16.9 Å². The summed E-state index contributed by atoms with van der Waals surface area (Å²) in [5.41, 5.74) is 4.45. The van der Waals surface area contributed by atoms with Crippen LogP contribution in [-0.2, 0) is 0 Å². The van der Waals surface area contributed by atoms with E-state index in [9.17, 15) is 5.11 Å². The minimum absolute atomic E-state index is 0.579. The van der Waals surface area contributed by atoms with Crippen LogP contribution in [0.1, 0.15) is 29.7 Å². The second kappa shape index (κ2) is 5.77. The smallest absolute Gasteiger partial charge is 0.0992 e. The Bertz CT molecular complexity index is 656. The van der Waals surface area contributed by atoms with E-state index in [1.54, 1.807) is 13.0 Å². The standard InChI is InChI=1S/C17H18N2O/c1-12-5-4-6-15(9-12)19(3)17-10-14(11-18)7-8-16(17)13(2)20/h4-10,13,20H,1-3H3. The Balaban J connectivity index is 2.52. The predicted octanol–water partition coefficient (Wildman–Crippen LogP) is 3.69. The van der Waals surface area contributed by atoms with Gasteiger partial charge in [0.15, 0.2) is 0 Å². The van der Waals surface area contributed by atoms with Crippen LogP contribution in [0.4, 0.5) is 11.4 Å². The van der Waals surface area contributed by atoms with Crippen molar-refractivity contribution in [3.63, 3.8) is 0 Å². The molecule has 1 atom stereocenters. The molecule has 3 heteroatoms. The summed E-state index contributed by atoms with van der Waals surface area (Å²) < 4.78 is 0. The summed E-state index contributed by atoms with van der Waals surface area (Å²) in [4.78, 5) is 2.00. The molecule has 0 saturated heterocycles. The van der Waals surface area contributed by atoms with Gasteiger partial charge in [-0.3, -0.25) is 0 Å². The number of rotatable bonds is 3. The maximum absolute atomic E-state index is 9.91. The van der Waals surface area contributed by atoms with Crippen LogP contribution in [0, 0.1) is 18.3 Å². The van der Waals surface area contributed by atoms with Crippen LogP contribution in [-0.4, -0.2) is 12.2 Å². The Kier molecular flexibility index (Phi) is 4.07. The topological polar surface area (TPSA) is 47.3 Å².